The zero-order valence-corrected chi connectivity index (χ0v) is 31.3. The van der Waals surface area contributed by atoms with Gasteiger partial charge in [0.15, 0.2) is 26.8 Å². The number of hydrogen-bond acceptors (Lipinski definition) is 13. The number of anilines is 1. The van der Waals surface area contributed by atoms with Crippen LogP contribution in [0.15, 0.2) is 101 Å². The molecule has 1 aliphatic heterocycles. The molecular formula is C38H37N7O11S. The van der Waals surface area contributed by atoms with Gasteiger partial charge in [-0.1, -0.05) is 30.3 Å². The third kappa shape index (κ3) is 9.05. The van der Waals surface area contributed by atoms with Crippen molar-refractivity contribution in [3.63, 3.8) is 0 Å². The van der Waals surface area contributed by atoms with Crippen LogP contribution in [0.25, 0.3) is 22.1 Å². The monoisotopic (exact) mass is 799 g/mol. The summed E-state index contributed by atoms with van der Waals surface area (Å²) in [6, 6.07) is 21.6. The maximum absolute atomic E-state index is 12.9. The van der Waals surface area contributed by atoms with Gasteiger partial charge >= 0.3 is 12.2 Å². The Morgan fingerprint density at radius 2 is 1.74 bits per heavy atom. The first-order valence-corrected chi connectivity index (χ1v) is 19.4. The molecule has 6 aromatic rings. The molecule has 3 N–H and O–H groups in total. The summed E-state index contributed by atoms with van der Waals surface area (Å²) in [4.78, 5) is 62.5. The normalized spacial score (nSPS) is 15.3. The van der Waals surface area contributed by atoms with E-state index < -0.39 is 52.1 Å². The van der Waals surface area contributed by atoms with Crippen molar-refractivity contribution in [3.05, 3.63) is 102 Å². The Labute approximate surface area is 324 Å². The fourth-order valence-electron chi connectivity index (χ4n) is 6.11. The number of ether oxygens (including phenoxy) is 5. The predicted octanol–water partition coefficient (Wildman–Crippen LogP) is 4.42. The minimum atomic E-state index is -3.68. The highest BCUT2D eigenvalue weighted by atomic mass is 32.2. The molecule has 3 aromatic carbocycles. The molecule has 1 aliphatic rings. The van der Waals surface area contributed by atoms with E-state index in [0.29, 0.717) is 36.1 Å². The summed E-state index contributed by atoms with van der Waals surface area (Å²) < 4.78 is 55.8. The lowest BCUT2D eigenvalue weighted by molar-refractivity contribution is -0.116. The van der Waals surface area contributed by atoms with Crippen LogP contribution in [0, 0.1) is 0 Å². The predicted molar refractivity (Wildman–Crippen MR) is 204 cm³/mol. The number of nitrogens with one attached hydrogen (secondary N) is 3. The summed E-state index contributed by atoms with van der Waals surface area (Å²) in [6.07, 6.45) is 1.36. The minimum Gasteiger partial charge on any atom is -0.497 e. The number of nitrogens with zero attached hydrogens (tertiary/aromatic N) is 4. The Balaban J connectivity index is 0.902. The van der Waals surface area contributed by atoms with Crippen molar-refractivity contribution in [1.29, 1.82) is 0 Å². The number of hydrogen-bond donors (Lipinski definition) is 3. The third-order valence-corrected chi connectivity index (χ3v) is 10.7. The number of methoxy groups -OCH3 is 1. The number of H-pyrrole nitrogens is 1. The van der Waals surface area contributed by atoms with E-state index in [-0.39, 0.29) is 46.8 Å². The molecule has 0 radical (unpaired) electrons. The number of imidazole rings is 1. The summed E-state index contributed by atoms with van der Waals surface area (Å²) in [7, 11) is -2.09. The number of benzene rings is 3. The summed E-state index contributed by atoms with van der Waals surface area (Å²) in [6.45, 7) is -0.238. The summed E-state index contributed by atoms with van der Waals surface area (Å²) in [5, 5.41) is 5.42. The summed E-state index contributed by atoms with van der Waals surface area (Å²) in [5.74, 6) is 0.315. The fraction of sp³-hybridized carbons (Fsp3) is 0.263. The standard InChI is InChI=1S/C38H37N7O11S/c1-52-24-11-13-25(14-12-24)54-22-26-15-16-32(55-26)45-23-40-33-34(45)42-36(43-35(33)47)41-31(46)17-18-39-37(48)56-30-21-44(29-10-6-5-9-28(29)30)38(49)53-19-20-57(50,51)27-7-3-2-4-8-27/h2-14,21,23,26,32H,15-20,22H2,1H3,(H,39,48)(H2,41,42,43,46,47)/t26-,32+/m0/s1. The number of fused-ring (bicyclic) bond motifs is 2. The SMILES string of the molecule is COc1ccc(OC[C@@H]2CC[C@H](n3cnc4c(=O)[nH]c(NC(=O)CCNC(=O)Oc5cn(C(=O)OCCS(=O)(=O)c6ccccc6)c6ccccc56)nc43)O2)cc1. The first-order chi connectivity index (χ1) is 27.6. The van der Waals surface area contributed by atoms with Crippen LogP contribution in [-0.2, 0) is 24.1 Å². The third-order valence-electron chi connectivity index (χ3n) is 8.96. The highest BCUT2D eigenvalue weighted by Crippen LogP contribution is 2.31. The van der Waals surface area contributed by atoms with Crippen LogP contribution in [0.5, 0.6) is 17.2 Å². The van der Waals surface area contributed by atoms with Gasteiger partial charge in [-0.25, -0.2) is 27.6 Å². The minimum absolute atomic E-state index is 0.0235. The number of amides is 2. The molecule has 4 heterocycles. The summed E-state index contributed by atoms with van der Waals surface area (Å²) in [5.41, 5.74) is 0.0872. The number of para-hydroxylation sites is 1. The topological polar surface area (TPSA) is 224 Å². The van der Waals surface area contributed by atoms with Crippen LogP contribution < -0.4 is 30.4 Å². The zero-order valence-electron chi connectivity index (χ0n) is 30.5. The van der Waals surface area contributed by atoms with Gasteiger partial charge in [0.1, 0.15) is 30.9 Å². The highest BCUT2D eigenvalue weighted by molar-refractivity contribution is 7.91. The van der Waals surface area contributed by atoms with Crippen LogP contribution >= 0.6 is 0 Å². The van der Waals surface area contributed by atoms with Crippen molar-refractivity contribution >= 4 is 55.9 Å². The lowest BCUT2D eigenvalue weighted by Gasteiger charge is -2.16. The molecule has 7 rings (SSSR count). The van der Waals surface area contributed by atoms with Gasteiger partial charge in [0, 0.05) is 18.4 Å². The number of sulfone groups is 1. The molecule has 18 nitrogen and oxygen atoms in total. The molecule has 19 heteroatoms. The second kappa shape index (κ2) is 17.0. The second-order valence-electron chi connectivity index (χ2n) is 12.8. The van der Waals surface area contributed by atoms with Crippen LogP contribution in [0.4, 0.5) is 15.5 Å². The average molecular weight is 800 g/mol. The number of carbonyl (C=O) groups excluding carboxylic acids is 3. The first-order valence-electron chi connectivity index (χ1n) is 17.8. The van der Waals surface area contributed by atoms with Crippen molar-refractivity contribution in [2.24, 2.45) is 0 Å². The molecule has 3 aromatic heterocycles. The van der Waals surface area contributed by atoms with E-state index in [0.717, 1.165) is 10.3 Å². The highest BCUT2D eigenvalue weighted by Gasteiger charge is 2.29. The molecule has 2 amide bonds. The molecule has 296 valence electrons. The molecule has 1 saturated heterocycles. The Kier molecular flexibility index (Phi) is 11.5. The first kappa shape index (κ1) is 38.5. The Morgan fingerprint density at radius 1 is 0.982 bits per heavy atom. The van der Waals surface area contributed by atoms with Crippen molar-refractivity contribution < 1.29 is 46.5 Å². The average Bonchev–Trinajstić information content (AvgIpc) is 3.95. The Bertz CT molecular complexity index is 2570. The maximum Gasteiger partial charge on any atom is 0.418 e. The van der Waals surface area contributed by atoms with Crippen molar-refractivity contribution in [2.45, 2.75) is 36.5 Å². The Hall–Kier alpha value is -6.73. The van der Waals surface area contributed by atoms with Crippen molar-refractivity contribution in [3.8, 4) is 17.2 Å². The lowest BCUT2D eigenvalue weighted by atomic mass is 10.2. The van der Waals surface area contributed by atoms with E-state index >= 15 is 0 Å². The molecule has 2 atom stereocenters. The lowest BCUT2D eigenvalue weighted by Crippen LogP contribution is -2.30. The molecule has 0 unspecified atom stereocenters. The van der Waals surface area contributed by atoms with Gasteiger partial charge in [-0.05, 0) is 61.4 Å². The van der Waals surface area contributed by atoms with Crippen LogP contribution in [-0.4, -0.2) is 89.3 Å². The zero-order chi connectivity index (χ0) is 39.9. The van der Waals surface area contributed by atoms with E-state index in [1.807, 2.05) is 0 Å². The van der Waals surface area contributed by atoms with Gasteiger partial charge in [0.05, 0.1) is 41.9 Å². The molecular weight excluding hydrogens is 763 g/mol. The number of rotatable bonds is 14. The van der Waals surface area contributed by atoms with E-state index in [1.165, 1.54) is 24.7 Å². The molecule has 57 heavy (non-hydrogen) atoms. The maximum atomic E-state index is 12.9. The van der Waals surface area contributed by atoms with E-state index in [2.05, 4.69) is 25.6 Å². The van der Waals surface area contributed by atoms with Gasteiger partial charge in [0.25, 0.3) is 5.56 Å². The van der Waals surface area contributed by atoms with Crippen molar-refractivity contribution in [1.82, 2.24) is 29.4 Å². The largest absolute Gasteiger partial charge is 0.497 e. The number of carbonyl (C=O) groups is 3. The van der Waals surface area contributed by atoms with E-state index in [4.69, 9.17) is 23.7 Å². The van der Waals surface area contributed by atoms with Crippen LogP contribution in [0.1, 0.15) is 25.5 Å². The van der Waals surface area contributed by atoms with E-state index in [1.54, 1.807) is 78.4 Å². The molecule has 0 saturated carbocycles. The van der Waals surface area contributed by atoms with E-state index in [9.17, 15) is 27.6 Å². The number of aromatic nitrogens is 5. The molecule has 0 spiro atoms. The van der Waals surface area contributed by atoms with Crippen molar-refractivity contribution in [2.75, 3.05) is 37.9 Å². The van der Waals surface area contributed by atoms with Crippen LogP contribution in [0.3, 0.4) is 0 Å². The molecule has 1 fully saturated rings. The second-order valence-corrected chi connectivity index (χ2v) is 14.9. The van der Waals surface area contributed by atoms with Gasteiger partial charge in [-0.2, -0.15) is 4.98 Å². The molecule has 0 aliphatic carbocycles. The Morgan fingerprint density at radius 3 is 2.53 bits per heavy atom. The van der Waals surface area contributed by atoms with Gasteiger partial charge in [-0.3, -0.25) is 24.5 Å². The molecule has 0 bridgehead atoms. The van der Waals surface area contributed by atoms with Gasteiger partial charge < -0.3 is 29.0 Å². The van der Waals surface area contributed by atoms with Gasteiger partial charge in [-0.15, -0.1) is 0 Å². The van der Waals surface area contributed by atoms with Crippen LogP contribution in [0.2, 0.25) is 0 Å². The van der Waals surface area contributed by atoms with Gasteiger partial charge in [0.2, 0.25) is 11.9 Å². The summed E-state index contributed by atoms with van der Waals surface area (Å²) >= 11 is 0. The quantitative estimate of drug-likeness (QED) is 0.139. The fourth-order valence-corrected chi connectivity index (χ4v) is 7.22. The number of aromatic amines is 1. The smallest absolute Gasteiger partial charge is 0.418 e.